The molecular formula is C14H19ClN2O2. The Balaban J connectivity index is 2.06. The van der Waals surface area contributed by atoms with Crippen LogP contribution in [0, 0.1) is 10.1 Å². The highest BCUT2D eigenvalue weighted by atomic mass is 35.5. The molecule has 5 heteroatoms. The van der Waals surface area contributed by atoms with Crippen LogP contribution in [0.25, 0.3) is 0 Å². The molecule has 0 amide bonds. The van der Waals surface area contributed by atoms with Crippen molar-refractivity contribution in [2.24, 2.45) is 0 Å². The first-order valence-corrected chi connectivity index (χ1v) is 7.06. The lowest BCUT2D eigenvalue weighted by Crippen LogP contribution is -2.43. The second kappa shape index (κ2) is 5.88. The highest BCUT2D eigenvalue weighted by molar-refractivity contribution is 6.31. The van der Waals surface area contributed by atoms with Crippen molar-refractivity contribution < 1.29 is 4.92 Å². The van der Waals surface area contributed by atoms with Gasteiger partial charge in [0.05, 0.1) is 4.92 Å². The maximum Gasteiger partial charge on any atom is 0.269 e. The molecular weight excluding hydrogens is 264 g/mol. The minimum absolute atomic E-state index is 0.0926. The molecule has 0 heterocycles. The molecule has 4 nitrogen and oxygen atoms in total. The number of hydrogen-bond acceptors (Lipinski definition) is 3. The molecule has 1 saturated carbocycles. The van der Waals surface area contributed by atoms with Gasteiger partial charge in [0.2, 0.25) is 0 Å². The van der Waals surface area contributed by atoms with Crippen molar-refractivity contribution in [3.8, 4) is 0 Å². The molecule has 0 aliphatic heterocycles. The van der Waals surface area contributed by atoms with Gasteiger partial charge in [0.25, 0.3) is 5.69 Å². The van der Waals surface area contributed by atoms with Gasteiger partial charge in [-0.3, -0.25) is 10.1 Å². The smallest absolute Gasteiger partial charge is 0.269 e. The lowest BCUT2D eigenvalue weighted by Gasteiger charge is -2.35. The maximum absolute atomic E-state index is 10.8. The van der Waals surface area contributed by atoms with E-state index in [9.17, 15) is 10.1 Å². The largest absolute Gasteiger partial charge is 0.307 e. The topological polar surface area (TPSA) is 55.2 Å². The molecule has 1 fully saturated rings. The van der Waals surface area contributed by atoms with Gasteiger partial charge in [0.1, 0.15) is 0 Å². The highest BCUT2D eigenvalue weighted by Gasteiger charge is 2.26. The molecule has 0 spiro atoms. The molecule has 1 aromatic rings. The van der Waals surface area contributed by atoms with Crippen molar-refractivity contribution >= 4 is 17.3 Å². The van der Waals surface area contributed by atoms with Gasteiger partial charge in [0.15, 0.2) is 0 Å². The standard InChI is InChI=1S/C14H19ClN2O2/c1-14(7-3-2-4-8-14)16-10-11-9-12(17(18)19)5-6-13(11)15/h5-6,9,16H,2-4,7-8,10H2,1H3. The third kappa shape index (κ3) is 3.67. The molecule has 0 saturated heterocycles. The molecule has 1 N–H and O–H groups in total. The van der Waals surface area contributed by atoms with Crippen LogP contribution >= 0.6 is 11.6 Å². The van der Waals surface area contributed by atoms with E-state index in [1.54, 1.807) is 12.1 Å². The number of rotatable bonds is 4. The molecule has 1 aliphatic carbocycles. The van der Waals surface area contributed by atoms with Crippen LogP contribution in [-0.2, 0) is 6.54 Å². The van der Waals surface area contributed by atoms with Crippen molar-refractivity contribution in [3.63, 3.8) is 0 Å². The Morgan fingerprint density at radius 2 is 2.05 bits per heavy atom. The van der Waals surface area contributed by atoms with E-state index >= 15 is 0 Å². The fourth-order valence-corrected chi connectivity index (χ4v) is 2.81. The van der Waals surface area contributed by atoms with Gasteiger partial charge in [-0.2, -0.15) is 0 Å². The molecule has 1 aromatic carbocycles. The van der Waals surface area contributed by atoms with E-state index in [1.807, 2.05) is 0 Å². The molecule has 19 heavy (non-hydrogen) atoms. The van der Waals surface area contributed by atoms with Gasteiger partial charge >= 0.3 is 0 Å². The summed E-state index contributed by atoms with van der Waals surface area (Å²) in [7, 11) is 0. The normalized spacial score (nSPS) is 18.2. The quantitative estimate of drug-likeness (QED) is 0.669. The first-order valence-electron chi connectivity index (χ1n) is 6.68. The van der Waals surface area contributed by atoms with Crippen LogP contribution in [0.4, 0.5) is 5.69 Å². The number of nitrogens with zero attached hydrogens (tertiary/aromatic N) is 1. The number of halogens is 1. The van der Waals surface area contributed by atoms with Crippen molar-refractivity contribution in [2.75, 3.05) is 0 Å². The van der Waals surface area contributed by atoms with E-state index in [-0.39, 0.29) is 16.1 Å². The minimum Gasteiger partial charge on any atom is -0.307 e. The molecule has 2 rings (SSSR count). The van der Waals surface area contributed by atoms with E-state index in [1.165, 1.54) is 25.3 Å². The number of hydrogen-bond donors (Lipinski definition) is 1. The first kappa shape index (κ1) is 14.3. The zero-order valence-electron chi connectivity index (χ0n) is 11.1. The number of nitro benzene ring substituents is 1. The third-order valence-electron chi connectivity index (χ3n) is 3.90. The summed E-state index contributed by atoms with van der Waals surface area (Å²) in [4.78, 5) is 10.4. The molecule has 0 unspecified atom stereocenters. The summed E-state index contributed by atoms with van der Waals surface area (Å²) in [6, 6.07) is 4.59. The Labute approximate surface area is 118 Å². The van der Waals surface area contributed by atoms with Crippen LogP contribution in [0.15, 0.2) is 18.2 Å². The minimum atomic E-state index is -0.387. The Kier molecular flexibility index (Phi) is 4.42. The lowest BCUT2D eigenvalue weighted by molar-refractivity contribution is -0.384. The summed E-state index contributed by atoms with van der Waals surface area (Å²) in [5.41, 5.74) is 1.02. The van der Waals surface area contributed by atoms with Gasteiger partial charge in [0, 0.05) is 29.2 Å². The average Bonchev–Trinajstić information content (AvgIpc) is 2.38. The van der Waals surface area contributed by atoms with Gasteiger partial charge in [-0.25, -0.2) is 0 Å². The highest BCUT2D eigenvalue weighted by Crippen LogP contribution is 2.29. The van der Waals surface area contributed by atoms with Crippen LogP contribution in [0.1, 0.15) is 44.6 Å². The number of non-ortho nitro benzene ring substituents is 1. The monoisotopic (exact) mass is 282 g/mol. The SMILES string of the molecule is CC1(NCc2cc([N+](=O)[O-])ccc2Cl)CCCCC1. The summed E-state index contributed by atoms with van der Waals surface area (Å²) in [5.74, 6) is 0. The maximum atomic E-state index is 10.8. The number of nitrogens with one attached hydrogen (secondary N) is 1. The molecule has 104 valence electrons. The Hall–Kier alpha value is -1.13. The van der Waals surface area contributed by atoms with Crippen LogP contribution in [0.5, 0.6) is 0 Å². The molecule has 0 radical (unpaired) electrons. The van der Waals surface area contributed by atoms with Crippen molar-refractivity contribution in [2.45, 2.75) is 51.1 Å². The van der Waals surface area contributed by atoms with Gasteiger partial charge in [-0.05, 0) is 31.4 Å². The van der Waals surface area contributed by atoms with Crippen LogP contribution in [0.2, 0.25) is 5.02 Å². The zero-order chi connectivity index (χ0) is 13.9. The van der Waals surface area contributed by atoms with Gasteiger partial charge in [-0.1, -0.05) is 30.9 Å². The van der Waals surface area contributed by atoms with Crippen molar-refractivity contribution in [1.29, 1.82) is 0 Å². The zero-order valence-corrected chi connectivity index (χ0v) is 11.9. The van der Waals surface area contributed by atoms with E-state index in [2.05, 4.69) is 12.2 Å². The van der Waals surface area contributed by atoms with Crippen molar-refractivity contribution in [3.05, 3.63) is 38.9 Å². The van der Waals surface area contributed by atoms with Gasteiger partial charge in [-0.15, -0.1) is 0 Å². The van der Waals surface area contributed by atoms with Crippen molar-refractivity contribution in [1.82, 2.24) is 5.32 Å². The van der Waals surface area contributed by atoms with Crippen LogP contribution in [-0.4, -0.2) is 10.5 Å². The Bertz CT molecular complexity index is 471. The molecule has 0 bridgehead atoms. The van der Waals surface area contributed by atoms with E-state index in [0.717, 1.165) is 18.4 Å². The fourth-order valence-electron chi connectivity index (χ4n) is 2.63. The molecule has 1 aliphatic rings. The Morgan fingerprint density at radius 3 is 2.68 bits per heavy atom. The second-order valence-corrected chi connectivity index (χ2v) is 5.91. The predicted octanol–water partition coefficient (Wildman–Crippen LogP) is 4.06. The summed E-state index contributed by atoms with van der Waals surface area (Å²) >= 11 is 6.10. The average molecular weight is 283 g/mol. The van der Waals surface area contributed by atoms with E-state index < -0.39 is 0 Å². The second-order valence-electron chi connectivity index (χ2n) is 5.51. The summed E-state index contributed by atoms with van der Waals surface area (Å²) in [5, 5.41) is 14.9. The lowest BCUT2D eigenvalue weighted by atomic mass is 9.83. The van der Waals surface area contributed by atoms with E-state index in [4.69, 9.17) is 11.6 Å². The summed E-state index contributed by atoms with van der Waals surface area (Å²) < 4.78 is 0. The Morgan fingerprint density at radius 1 is 1.37 bits per heavy atom. The summed E-state index contributed by atoms with van der Waals surface area (Å²) in [6.45, 7) is 2.80. The fraction of sp³-hybridized carbons (Fsp3) is 0.571. The first-order chi connectivity index (χ1) is 9.00. The number of benzene rings is 1. The van der Waals surface area contributed by atoms with Crippen LogP contribution in [0.3, 0.4) is 0 Å². The van der Waals surface area contributed by atoms with Crippen LogP contribution < -0.4 is 5.32 Å². The molecule has 0 atom stereocenters. The van der Waals surface area contributed by atoms with E-state index in [0.29, 0.717) is 11.6 Å². The third-order valence-corrected chi connectivity index (χ3v) is 4.27. The molecule has 0 aromatic heterocycles. The number of nitro groups is 1. The predicted molar refractivity (Wildman–Crippen MR) is 76.4 cm³/mol. The van der Waals surface area contributed by atoms with Gasteiger partial charge < -0.3 is 5.32 Å². The summed E-state index contributed by atoms with van der Waals surface area (Å²) in [6.07, 6.45) is 6.09.